The van der Waals surface area contributed by atoms with Crippen LogP contribution in [0.25, 0.3) is 11.3 Å². The van der Waals surface area contributed by atoms with Crippen LogP contribution >= 0.6 is 0 Å². The Morgan fingerprint density at radius 3 is 2.31 bits per heavy atom. The molecule has 0 N–H and O–H groups in total. The van der Waals surface area contributed by atoms with Crippen LogP contribution in [0.1, 0.15) is 16.8 Å². The average Bonchev–Trinajstić information content (AvgIpc) is 3.32. The third kappa shape index (κ3) is 2.95. The summed E-state index contributed by atoms with van der Waals surface area (Å²) in [6, 6.07) is 21.6. The molecule has 4 aromatic rings. The van der Waals surface area contributed by atoms with Gasteiger partial charge < -0.3 is 0 Å². The Labute approximate surface area is 151 Å². The third-order valence-electron chi connectivity index (χ3n) is 4.39. The van der Waals surface area contributed by atoms with Crippen LogP contribution in [0.15, 0.2) is 79.1 Å². The molecule has 0 aliphatic rings. The van der Waals surface area contributed by atoms with Gasteiger partial charge in [-0.05, 0) is 18.6 Å². The van der Waals surface area contributed by atoms with Gasteiger partial charge in [-0.3, -0.25) is 0 Å². The van der Waals surface area contributed by atoms with Crippen LogP contribution in [0.2, 0.25) is 0 Å². The molecule has 0 saturated carbocycles. The van der Waals surface area contributed by atoms with Crippen molar-refractivity contribution >= 4 is 6.03 Å². The van der Waals surface area contributed by atoms with Gasteiger partial charge in [0, 0.05) is 29.9 Å². The van der Waals surface area contributed by atoms with Crippen molar-refractivity contribution in [3.63, 3.8) is 0 Å². The molecule has 0 spiro atoms. The zero-order chi connectivity index (χ0) is 17.9. The van der Waals surface area contributed by atoms with Crippen molar-refractivity contribution < 1.29 is 4.79 Å². The summed E-state index contributed by atoms with van der Waals surface area (Å²) in [4.78, 5) is 12.8. The Hall–Kier alpha value is -3.47. The Kier molecular flexibility index (Phi) is 4.19. The molecule has 0 saturated heterocycles. The molecule has 0 fully saturated rings. The summed E-state index contributed by atoms with van der Waals surface area (Å²) in [5.41, 5.74) is 4.87. The summed E-state index contributed by atoms with van der Waals surface area (Å²) in [5.74, 6) is 0. The van der Waals surface area contributed by atoms with Crippen LogP contribution in [-0.4, -0.2) is 25.6 Å². The molecule has 0 unspecified atom stereocenters. The monoisotopic (exact) mass is 342 g/mol. The van der Waals surface area contributed by atoms with Gasteiger partial charge in [0.2, 0.25) is 0 Å². The molecule has 0 atom stereocenters. The molecule has 2 aromatic carbocycles. The molecular weight excluding hydrogens is 324 g/mol. The summed E-state index contributed by atoms with van der Waals surface area (Å²) in [6.45, 7) is 1.93. The van der Waals surface area contributed by atoms with Crippen LogP contribution in [0.4, 0.5) is 4.79 Å². The molecule has 0 aliphatic heterocycles. The number of nitrogens with zero attached hydrogens (tertiary/aromatic N) is 4. The van der Waals surface area contributed by atoms with E-state index in [4.69, 9.17) is 0 Å². The quantitative estimate of drug-likeness (QED) is 0.562. The second-order valence-electron chi connectivity index (χ2n) is 6.09. The lowest BCUT2D eigenvalue weighted by atomic mass is 9.99. The van der Waals surface area contributed by atoms with Crippen molar-refractivity contribution in [3.05, 3.63) is 95.9 Å². The van der Waals surface area contributed by atoms with Gasteiger partial charge in [0.25, 0.3) is 0 Å². The number of aromatic nitrogens is 4. The fourth-order valence-corrected chi connectivity index (χ4v) is 3.04. The summed E-state index contributed by atoms with van der Waals surface area (Å²) in [5, 5.41) is 8.67. The molecular formula is C21H18N4O. The van der Waals surface area contributed by atoms with E-state index in [0.29, 0.717) is 6.42 Å². The zero-order valence-corrected chi connectivity index (χ0v) is 14.4. The minimum absolute atomic E-state index is 0.288. The smallest absolute Gasteiger partial charge is 0.244 e. The fraction of sp³-hybridized carbons (Fsp3) is 0.0952. The first-order chi connectivity index (χ1) is 12.7. The number of carbonyl (C=O) groups excluding carboxylic acids is 1. The summed E-state index contributed by atoms with van der Waals surface area (Å²) < 4.78 is 2.73. The standard InChI is InChI=1S/C21H18N4O/c1-16-19(15-17-9-4-2-5-10-17)20(18-11-6-3-7-12-18)23-25(16)21(26)24-14-8-13-22-24/h2-14H,15H2,1H3. The lowest BCUT2D eigenvalue weighted by Gasteiger charge is -2.05. The van der Waals surface area contributed by atoms with Gasteiger partial charge in [0.05, 0.1) is 11.4 Å². The Balaban J connectivity index is 1.84. The lowest BCUT2D eigenvalue weighted by molar-refractivity contribution is 0.237. The van der Waals surface area contributed by atoms with E-state index in [1.54, 1.807) is 18.5 Å². The van der Waals surface area contributed by atoms with Crippen LogP contribution in [-0.2, 0) is 6.42 Å². The highest BCUT2D eigenvalue weighted by atomic mass is 16.2. The fourth-order valence-electron chi connectivity index (χ4n) is 3.04. The highest BCUT2D eigenvalue weighted by Crippen LogP contribution is 2.27. The van der Waals surface area contributed by atoms with Crippen LogP contribution in [0, 0.1) is 6.92 Å². The topological polar surface area (TPSA) is 52.7 Å². The van der Waals surface area contributed by atoms with E-state index in [2.05, 4.69) is 22.3 Å². The van der Waals surface area contributed by atoms with Gasteiger partial charge in [-0.15, -0.1) is 0 Å². The highest BCUT2D eigenvalue weighted by Gasteiger charge is 2.21. The van der Waals surface area contributed by atoms with Crippen molar-refractivity contribution in [1.82, 2.24) is 19.6 Å². The van der Waals surface area contributed by atoms with Gasteiger partial charge in [-0.25, -0.2) is 4.79 Å². The number of rotatable bonds is 3. The van der Waals surface area contributed by atoms with E-state index >= 15 is 0 Å². The highest BCUT2D eigenvalue weighted by molar-refractivity contribution is 5.80. The van der Waals surface area contributed by atoms with E-state index in [1.165, 1.54) is 14.9 Å². The molecule has 128 valence electrons. The van der Waals surface area contributed by atoms with Crippen LogP contribution < -0.4 is 0 Å². The molecule has 0 aliphatic carbocycles. The molecule has 5 heteroatoms. The second kappa shape index (κ2) is 6.80. The van der Waals surface area contributed by atoms with Crippen molar-refractivity contribution in [2.45, 2.75) is 13.3 Å². The normalized spacial score (nSPS) is 10.8. The number of hydrogen-bond donors (Lipinski definition) is 0. The summed E-state index contributed by atoms with van der Waals surface area (Å²) >= 11 is 0. The average molecular weight is 342 g/mol. The Morgan fingerprint density at radius 2 is 1.65 bits per heavy atom. The van der Waals surface area contributed by atoms with E-state index in [0.717, 1.165) is 22.5 Å². The van der Waals surface area contributed by atoms with Crippen molar-refractivity contribution in [1.29, 1.82) is 0 Å². The maximum Gasteiger partial charge on any atom is 0.369 e. The molecule has 26 heavy (non-hydrogen) atoms. The van der Waals surface area contributed by atoms with Gasteiger partial charge in [-0.1, -0.05) is 60.7 Å². The van der Waals surface area contributed by atoms with Crippen LogP contribution in [0.5, 0.6) is 0 Å². The molecule has 4 rings (SSSR count). The van der Waals surface area contributed by atoms with Gasteiger partial charge in [0.15, 0.2) is 0 Å². The number of benzene rings is 2. The van der Waals surface area contributed by atoms with Gasteiger partial charge >= 0.3 is 6.03 Å². The molecule has 0 bridgehead atoms. The molecule has 0 radical (unpaired) electrons. The maximum absolute atomic E-state index is 12.8. The van der Waals surface area contributed by atoms with E-state index in [1.807, 2.05) is 55.5 Å². The van der Waals surface area contributed by atoms with Crippen molar-refractivity contribution in [2.24, 2.45) is 0 Å². The summed E-state index contributed by atoms with van der Waals surface area (Å²) in [6.07, 6.45) is 3.92. The first-order valence-corrected chi connectivity index (χ1v) is 8.46. The SMILES string of the molecule is Cc1c(Cc2ccccc2)c(-c2ccccc2)nn1C(=O)n1cccn1. The second-order valence-corrected chi connectivity index (χ2v) is 6.09. The largest absolute Gasteiger partial charge is 0.369 e. The van der Waals surface area contributed by atoms with E-state index < -0.39 is 0 Å². The Morgan fingerprint density at radius 1 is 0.962 bits per heavy atom. The number of carbonyl (C=O) groups is 1. The summed E-state index contributed by atoms with van der Waals surface area (Å²) in [7, 11) is 0. The van der Waals surface area contributed by atoms with Crippen molar-refractivity contribution in [3.8, 4) is 11.3 Å². The van der Waals surface area contributed by atoms with Crippen molar-refractivity contribution in [2.75, 3.05) is 0 Å². The van der Waals surface area contributed by atoms with E-state index in [-0.39, 0.29) is 6.03 Å². The predicted octanol–water partition coefficient (Wildman–Crippen LogP) is 4.16. The first kappa shape index (κ1) is 16.0. The minimum Gasteiger partial charge on any atom is -0.244 e. The zero-order valence-electron chi connectivity index (χ0n) is 14.4. The Bertz CT molecular complexity index is 1020. The number of hydrogen-bond acceptors (Lipinski definition) is 3. The maximum atomic E-state index is 12.8. The molecule has 0 amide bonds. The van der Waals surface area contributed by atoms with Gasteiger partial charge in [0.1, 0.15) is 0 Å². The predicted molar refractivity (Wildman–Crippen MR) is 100 cm³/mol. The third-order valence-corrected chi connectivity index (χ3v) is 4.39. The first-order valence-electron chi connectivity index (χ1n) is 8.46. The molecule has 2 heterocycles. The molecule has 2 aromatic heterocycles. The van der Waals surface area contributed by atoms with Crippen LogP contribution in [0.3, 0.4) is 0 Å². The van der Waals surface area contributed by atoms with E-state index in [9.17, 15) is 4.79 Å². The van der Waals surface area contributed by atoms with Gasteiger partial charge in [-0.2, -0.15) is 19.6 Å². The molecule has 5 nitrogen and oxygen atoms in total. The lowest BCUT2D eigenvalue weighted by Crippen LogP contribution is -2.22. The minimum atomic E-state index is -0.288.